The van der Waals surface area contributed by atoms with Gasteiger partial charge in [-0.15, -0.1) is 0 Å². The van der Waals surface area contributed by atoms with Crippen molar-refractivity contribution in [2.75, 3.05) is 10.6 Å². The van der Waals surface area contributed by atoms with Crippen LogP contribution in [0.2, 0.25) is 0 Å². The molecule has 1 aliphatic carbocycles. The van der Waals surface area contributed by atoms with Crippen LogP contribution in [0.25, 0.3) is 0 Å². The van der Waals surface area contributed by atoms with E-state index >= 15 is 0 Å². The maximum Gasteiger partial charge on any atom is 0.407 e. The fourth-order valence-corrected chi connectivity index (χ4v) is 3.54. The number of nitrogens with one attached hydrogen (secondary N) is 3. The van der Waals surface area contributed by atoms with Crippen LogP contribution in [0, 0.1) is 17.1 Å². The summed E-state index contributed by atoms with van der Waals surface area (Å²) < 4.78 is 20.1. The van der Waals surface area contributed by atoms with Crippen LogP contribution in [-0.2, 0) is 4.74 Å². The number of anilines is 3. The number of benzene rings is 1. The molecule has 0 spiro atoms. The van der Waals surface area contributed by atoms with E-state index in [-0.39, 0.29) is 29.3 Å². The smallest absolute Gasteiger partial charge is 0.407 e. The Kier molecular flexibility index (Phi) is 6.95. The van der Waals surface area contributed by atoms with Crippen LogP contribution >= 0.6 is 0 Å². The third kappa shape index (κ3) is 6.32. The summed E-state index contributed by atoms with van der Waals surface area (Å²) in [6.45, 7) is 5.42. The first-order chi connectivity index (χ1) is 14.7. The van der Waals surface area contributed by atoms with Crippen molar-refractivity contribution in [3.63, 3.8) is 0 Å². The van der Waals surface area contributed by atoms with Gasteiger partial charge in [-0.3, -0.25) is 0 Å². The van der Waals surface area contributed by atoms with E-state index in [1.807, 2.05) is 36.4 Å². The Labute approximate surface area is 182 Å². The number of nitriles is 1. The summed E-state index contributed by atoms with van der Waals surface area (Å²) in [6, 6.07) is 12.0. The highest BCUT2D eigenvalue weighted by atomic mass is 19.1. The minimum Gasteiger partial charge on any atom is -0.444 e. The van der Waals surface area contributed by atoms with E-state index in [0.717, 1.165) is 31.4 Å². The van der Waals surface area contributed by atoms with E-state index in [2.05, 4.69) is 20.9 Å². The highest BCUT2D eigenvalue weighted by molar-refractivity contribution is 5.68. The molecule has 0 aliphatic heterocycles. The SMILES string of the molecule is CC(C)(C)OC(=O)N[C@H]1CCCC[C@H]1Nc1nc(Nc2ccccc2)c(C#N)cc1F. The van der Waals surface area contributed by atoms with Gasteiger partial charge in [0.05, 0.1) is 11.6 Å². The number of nitrogens with zero attached hydrogens (tertiary/aromatic N) is 2. The topological polar surface area (TPSA) is 99.1 Å². The zero-order valence-electron chi connectivity index (χ0n) is 18.0. The molecule has 1 heterocycles. The Morgan fingerprint density at radius 2 is 1.84 bits per heavy atom. The molecule has 0 bridgehead atoms. The monoisotopic (exact) mass is 425 g/mol. The third-order valence-corrected chi connectivity index (χ3v) is 4.92. The molecule has 0 saturated heterocycles. The van der Waals surface area contributed by atoms with Gasteiger partial charge in [-0.05, 0) is 51.8 Å². The number of pyridine rings is 1. The first-order valence-corrected chi connectivity index (χ1v) is 10.4. The molecule has 8 heteroatoms. The number of carbonyl (C=O) groups excluding carboxylic acids is 1. The molecule has 2 atom stereocenters. The van der Waals surface area contributed by atoms with Crippen molar-refractivity contribution in [2.24, 2.45) is 0 Å². The highest BCUT2D eigenvalue weighted by Gasteiger charge is 2.29. The lowest BCUT2D eigenvalue weighted by molar-refractivity contribution is 0.0488. The molecule has 3 N–H and O–H groups in total. The second-order valence-electron chi connectivity index (χ2n) is 8.61. The van der Waals surface area contributed by atoms with Crippen LogP contribution in [-0.4, -0.2) is 28.8 Å². The van der Waals surface area contributed by atoms with Crippen LogP contribution < -0.4 is 16.0 Å². The predicted octanol–water partition coefficient (Wildman–Crippen LogP) is 5.08. The largest absolute Gasteiger partial charge is 0.444 e. The zero-order chi connectivity index (χ0) is 22.4. The Hall–Kier alpha value is -3.34. The Balaban J connectivity index is 1.78. The van der Waals surface area contributed by atoms with E-state index in [0.29, 0.717) is 0 Å². The van der Waals surface area contributed by atoms with Gasteiger partial charge in [0.15, 0.2) is 17.5 Å². The van der Waals surface area contributed by atoms with Gasteiger partial charge in [0.2, 0.25) is 0 Å². The molecular weight excluding hydrogens is 397 g/mol. The van der Waals surface area contributed by atoms with Gasteiger partial charge in [-0.1, -0.05) is 31.0 Å². The summed E-state index contributed by atoms with van der Waals surface area (Å²) in [7, 11) is 0. The molecule has 0 unspecified atom stereocenters. The molecule has 0 radical (unpaired) electrons. The second-order valence-corrected chi connectivity index (χ2v) is 8.61. The summed E-state index contributed by atoms with van der Waals surface area (Å²) in [5.41, 5.74) is 0.255. The van der Waals surface area contributed by atoms with Crippen LogP contribution in [0.4, 0.5) is 26.5 Å². The molecule has 1 aromatic heterocycles. The van der Waals surface area contributed by atoms with Crippen LogP contribution in [0.3, 0.4) is 0 Å². The van der Waals surface area contributed by atoms with Crippen molar-refractivity contribution in [3.8, 4) is 6.07 Å². The molecule has 3 rings (SSSR count). The number of ether oxygens (including phenoxy) is 1. The van der Waals surface area contributed by atoms with Crippen LogP contribution in [0.5, 0.6) is 0 Å². The summed E-state index contributed by atoms with van der Waals surface area (Å²) in [5.74, 6) is -0.304. The maximum absolute atomic E-state index is 14.7. The standard InChI is InChI=1S/C23H28FN5O2/c1-23(2,3)31-22(30)28-19-12-8-7-11-18(19)27-21-17(24)13-15(14-25)20(29-21)26-16-9-5-4-6-10-16/h4-6,9-10,13,18-19H,7-8,11-12H2,1-3H3,(H,28,30)(H2,26,27,29)/t18-,19+/m1/s1. The summed E-state index contributed by atoms with van der Waals surface area (Å²) in [4.78, 5) is 16.6. The van der Waals surface area contributed by atoms with Gasteiger partial charge in [-0.2, -0.15) is 5.26 Å². The number of rotatable bonds is 5. The van der Waals surface area contributed by atoms with Gasteiger partial charge < -0.3 is 20.7 Å². The summed E-state index contributed by atoms with van der Waals surface area (Å²) >= 11 is 0. The molecule has 31 heavy (non-hydrogen) atoms. The second kappa shape index (κ2) is 9.65. The lowest BCUT2D eigenvalue weighted by Crippen LogP contribution is -2.50. The Bertz CT molecular complexity index is 953. The number of aromatic nitrogens is 1. The minimum atomic E-state index is -0.614. The van der Waals surface area contributed by atoms with Gasteiger partial charge in [-0.25, -0.2) is 14.2 Å². The highest BCUT2D eigenvalue weighted by Crippen LogP contribution is 2.27. The number of halogens is 1. The number of amides is 1. The number of carbonyl (C=O) groups is 1. The maximum atomic E-state index is 14.7. The number of alkyl carbamates (subject to hydrolysis) is 1. The first kappa shape index (κ1) is 22.3. The van der Waals surface area contributed by atoms with Crippen molar-refractivity contribution in [1.29, 1.82) is 5.26 Å². The van der Waals surface area contributed by atoms with E-state index in [9.17, 15) is 14.4 Å². The van der Waals surface area contributed by atoms with Crippen molar-refractivity contribution in [1.82, 2.24) is 10.3 Å². The number of para-hydroxylation sites is 1. The molecule has 1 fully saturated rings. The normalized spacial score (nSPS) is 18.5. The summed E-state index contributed by atoms with van der Waals surface area (Å²) in [6.07, 6.45) is 2.93. The van der Waals surface area contributed by atoms with Gasteiger partial charge in [0.25, 0.3) is 0 Å². The molecule has 7 nitrogen and oxygen atoms in total. The van der Waals surface area contributed by atoms with Crippen molar-refractivity contribution in [2.45, 2.75) is 64.1 Å². The lowest BCUT2D eigenvalue weighted by atomic mass is 9.90. The first-order valence-electron chi connectivity index (χ1n) is 10.4. The predicted molar refractivity (Wildman–Crippen MR) is 118 cm³/mol. The molecule has 1 amide bonds. The van der Waals surface area contributed by atoms with Gasteiger partial charge >= 0.3 is 6.09 Å². The fourth-order valence-electron chi connectivity index (χ4n) is 3.54. The Morgan fingerprint density at radius 3 is 2.48 bits per heavy atom. The third-order valence-electron chi connectivity index (χ3n) is 4.92. The number of hydrogen-bond donors (Lipinski definition) is 3. The van der Waals surface area contributed by atoms with Crippen LogP contribution in [0.1, 0.15) is 52.0 Å². The van der Waals surface area contributed by atoms with E-state index in [1.165, 1.54) is 6.07 Å². The molecule has 1 aliphatic rings. The average Bonchev–Trinajstić information content (AvgIpc) is 2.71. The quantitative estimate of drug-likeness (QED) is 0.618. The average molecular weight is 426 g/mol. The minimum absolute atomic E-state index is 0.0420. The molecular formula is C23H28FN5O2. The van der Waals surface area contributed by atoms with Gasteiger partial charge in [0.1, 0.15) is 11.7 Å². The molecule has 2 aromatic rings. The van der Waals surface area contributed by atoms with E-state index in [4.69, 9.17) is 4.74 Å². The van der Waals surface area contributed by atoms with Crippen molar-refractivity contribution >= 4 is 23.4 Å². The van der Waals surface area contributed by atoms with Crippen molar-refractivity contribution < 1.29 is 13.9 Å². The Morgan fingerprint density at radius 1 is 1.16 bits per heavy atom. The van der Waals surface area contributed by atoms with Crippen LogP contribution in [0.15, 0.2) is 36.4 Å². The van der Waals surface area contributed by atoms with E-state index in [1.54, 1.807) is 20.8 Å². The van der Waals surface area contributed by atoms with E-state index < -0.39 is 17.5 Å². The molecule has 1 aromatic carbocycles. The zero-order valence-corrected chi connectivity index (χ0v) is 18.0. The summed E-state index contributed by atoms with van der Waals surface area (Å²) in [5, 5.41) is 18.5. The molecule has 1 saturated carbocycles. The van der Waals surface area contributed by atoms with Crippen molar-refractivity contribution in [3.05, 3.63) is 47.8 Å². The fraction of sp³-hybridized carbons (Fsp3) is 0.435. The lowest BCUT2D eigenvalue weighted by Gasteiger charge is -2.33. The molecule has 164 valence electrons. The number of hydrogen-bond acceptors (Lipinski definition) is 6. The van der Waals surface area contributed by atoms with Gasteiger partial charge in [0, 0.05) is 11.7 Å².